The van der Waals surface area contributed by atoms with E-state index >= 15 is 0 Å². The summed E-state index contributed by atoms with van der Waals surface area (Å²) in [5.41, 5.74) is 1.25. The van der Waals surface area contributed by atoms with E-state index in [1.54, 1.807) is 0 Å². The van der Waals surface area contributed by atoms with Crippen molar-refractivity contribution in [2.45, 2.75) is 27.7 Å². The van der Waals surface area contributed by atoms with Crippen LogP contribution in [0, 0.1) is 0 Å². The molecule has 0 atom stereocenters. The first-order valence-electron chi connectivity index (χ1n) is 4.19. The van der Waals surface area contributed by atoms with Crippen LogP contribution in [0.4, 0.5) is 0 Å². The van der Waals surface area contributed by atoms with E-state index < -0.39 is 0 Å². The van der Waals surface area contributed by atoms with Crippen molar-refractivity contribution < 1.29 is 41.3 Å². The molecule has 102 valence electrons. The second kappa shape index (κ2) is 12.6. The van der Waals surface area contributed by atoms with Crippen LogP contribution in [-0.4, -0.2) is 43.7 Å². The minimum Gasteiger partial charge on any atom is -0.411 e. The number of rotatable bonds is 2. The minimum atomic E-state index is 0. The van der Waals surface area contributed by atoms with Gasteiger partial charge in [-0.3, -0.25) is 0 Å². The van der Waals surface area contributed by atoms with Crippen LogP contribution in [0.5, 0.6) is 0 Å². The molecule has 0 saturated heterocycles. The molecular formula is C8H16N4O4Pd. The van der Waals surface area contributed by atoms with E-state index in [0.29, 0.717) is 22.8 Å². The molecule has 0 saturated carbocycles. The van der Waals surface area contributed by atoms with E-state index in [9.17, 15) is 0 Å². The van der Waals surface area contributed by atoms with Gasteiger partial charge < -0.3 is 20.8 Å². The fourth-order valence-corrected chi connectivity index (χ4v) is 0.289. The Morgan fingerprint density at radius 2 is 0.647 bits per heavy atom. The summed E-state index contributed by atoms with van der Waals surface area (Å²) < 4.78 is 0. The molecule has 0 fully saturated rings. The zero-order valence-corrected chi connectivity index (χ0v) is 11.4. The molecule has 0 bridgehead atoms. The van der Waals surface area contributed by atoms with Gasteiger partial charge in [0.25, 0.3) is 0 Å². The van der Waals surface area contributed by atoms with Crippen molar-refractivity contribution in [2.24, 2.45) is 20.6 Å². The van der Waals surface area contributed by atoms with E-state index in [1.165, 1.54) is 27.7 Å². The quantitative estimate of drug-likeness (QED) is 0.262. The summed E-state index contributed by atoms with van der Waals surface area (Å²) in [7, 11) is 0. The largest absolute Gasteiger partial charge is 0.411 e. The summed E-state index contributed by atoms with van der Waals surface area (Å²) in [5.74, 6) is 0. The first-order valence-corrected chi connectivity index (χ1v) is 4.19. The van der Waals surface area contributed by atoms with Gasteiger partial charge >= 0.3 is 0 Å². The van der Waals surface area contributed by atoms with Crippen LogP contribution in [0.25, 0.3) is 0 Å². The summed E-state index contributed by atoms with van der Waals surface area (Å²) >= 11 is 0. The molecule has 0 rings (SSSR count). The maximum Gasteiger partial charge on any atom is 0.101 e. The fraction of sp³-hybridized carbons (Fsp3) is 0.500. The van der Waals surface area contributed by atoms with Crippen LogP contribution in [-0.2, 0) is 20.4 Å². The Morgan fingerprint density at radius 3 is 0.706 bits per heavy atom. The van der Waals surface area contributed by atoms with E-state index in [-0.39, 0.29) is 20.4 Å². The molecule has 9 heteroatoms. The molecule has 0 aromatic carbocycles. The van der Waals surface area contributed by atoms with Crippen molar-refractivity contribution >= 4 is 22.8 Å². The van der Waals surface area contributed by atoms with Crippen LogP contribution >= 0.6 is 0 Å². The molecule has 4 N–H and O–H groups in total. The molecule has 0 aromatic heterocycles. The molecule has 8 nitrogen and oxygen atoms in total. The summed E-state index contributed by atoms with van der Waals surface area (Å²) in [5, 5.41) is 43.3. The Labute approximate surface area is 113 Å². The number of hydrogen-bond acceptors (Lipinski definition) is 8. The molecule has 0 aliphatic heterocycles. The predicted molar refractivity (Wildman–Crippen MR) is 59.6 cm³/mol. The number of nitrogens with zero attached hydrogens (tertiary/aromatic N) is 4. The number of oxime groups is 4. The monoisotopic (exact) mass is 338 g/mol. The molecule has 0 aliphatic rings. The van der Waals surface area contributed by atoms with Crippen LogP contribution in [0.1, 0.15) is 27.7 Å². The van der Waals surface area contributed by atoms with Crippen LogP contribution in [0.15, 0.2) is 20.6 Å². The van der Waals surface area contributed by atoms with Gasteiger partial charge in [-0.2, -0.15) is 0 Å². The molecule has 0 heterocycles. The second-order valence-electron chi connectivity index (χ2n) is 2.74. The first kappa shape index (κ1) is 20.9. The standard InChI is InChI=1S/2C4H8N2O2.Pd/c2*1-3(5-7)4(2)6-8;/h2*7-8H,1-2H3;/b2*5-3+,6-4+;. The first-order chi connectivity index (χ1) is 7.44. The number of hydrogen-bond donors (Lipinski definition) is 4. The maximum atomic E-state index is 8.03. The smallest absolute Gasteiger partial charge is 0.101 e. The van der Waals surface area contributed by atoms with E-state index in [2.05, 4.69) is 20.6 Å². The third kappa shape index (κ3) is 10.8. The normalized spacial score (nSPS) is 13.4. The summed E-state index contributed by atoms with van der Waals surface area (Å²) in [4.78, 5) is 0. The Balaban J connectivity index is -0.000000218. The van der Waals surface area contributed by atoms with Gasteiger partial charge in [0.15, 0.2) is 0 Å². The van der Waals surface area contributed by atoms with E-state index in [1.807, 2.05) is 0 Å². The van der Waals surface area contributed by atoms with Gasteiger partial charge in [0.05, 0.1) is 0 Å². The molecular weight excluding hydrogens is 323 g/mol. The van der Waals surface area contributed by atoms with E-state index in [4.69, 9.17) is 20.8 Å². The van der Waals surface area contributed by atoms with Crippen molar-refractivity contribution in [1.29, 1.82) is 0 Å². The van der Waals surface area contributed by atoms with Crippen molar-refractivity contribution in [3.8, 4) is 0 Å². The van der Waals surface area contributed by atoms with Crippen molar-refractivity contribution in [3.63, 3.8) is 0 Å². The van der Waals surface area contributed by atoms with Gasteiger partial charge in [-0.25, -0.2) is 0 Å². The summed E-state index contributed by atoms with van der Waals surface area (Å²) in [6.45, 7) is 6.15. The van der Waals surface area contributed by atoms with Gasteiger partial charge in [-0.1, -0.05) is 20.6 Å². The third-order valence-corrected chi connectivity index (χ3v) is 1.65. The van der Waals surface area contributed by atoms with Crippen molar-refractivity contribution in [2.75, 3.05) is 0 Å². The van der Waals surface area contributed by atoms with Gasteiger partial charge in [-0.05, 0) is 27.7 Å². The molecule has 0 aliphatic carbocycles. The predicted octanol–water partition coefficient (Wildman–Crippen LogP) is 1.37. The summed E-state index contributed by atoms with van der Waals surface area (Å²) in [6, 6.07) is 0. The van der Waals surface area contributed by atoms with Crippen molar-refractivity contribution in [1.82, 2.24) is 0 Å². The van der Waals surface area contributed by atoms with E-state index in [0.717, 1.165) is 0 Å². The van der Waals surface area contributed by atoms with Gasteiger partial charge in [0, 0.05) is 20.4 Å². The second-order valence-corrected chi connectivity index (χ2v) is 2.74. The zero-order valence-electron chi connectivity index (χ0n) is 9.89. The fourth-order valence-electron chi connectivity index (χ4n) is 0.289. The summed E-state index contributed by atoms with van der Waals surface area (Å²) in [6.07, 6.45) is 0. The molecule has 0 aromatic rings. The molecule has 0 unspecified atom stereocenters. The SMILES string of the molecule is CC(=N\O)/C(C)=N/O.CC(=N\O)/C(C)=N/O.[Pd]. The minimum absolute atomic E-state index is 0. The molecule has 0 spiro atoms. The Kier molecular flexibility index (Phi) is 15.5. The van der Waals surface area contributed by atoms with Crippen LogP contribution in [0.2, 0.25) is 0 Å². The maximum absolute atomic E-state index is 8.03. The van der Waals surface area contributed by atoms with Gasteiger partial charge in [0.1, 0.15) is 22.8 Å². The molecule has 17 heavy (non-hydrogen) atoms. The molecule has 0 amide bonds. The van der Waals surface area contributed by atoms with Gasteiger partial charge in [0.2, 0.25) is 0 Å². The Morgan fingerprint density at radius 1 is 0.529 bits per heavy atom. The average molecular weight is 339 g/mol. The van der Waals surface area contributed by atoms with Crippen LogP contribution < -0.4 is 0 Å². The van der Waals surface area contributed by atoms with Gasteiger partial charge in [-0.15, -0.1) is 0 Å². The zero-order chi connectivity index (χ0) is 13.1. The topological polar surface area (TPSA) is 130 Å². The van der Waals surface area contributed by atoms with Crippen molar-refractivity contribution in [3.05, 3.63) is 0 Å². The Bertz CT molecular complexity index is 261. The molecule has 0 radical (unpaired) electrons. The average Bonchev–Trinajstić information content (AvgIpc) is 2.35. The van der Waals surface area contributed by atoms with Crippen LogP contribution in [0.3, 0.4) is 0 Å². The third-order valence-electron chi connectivity index (χ3n) is 1.65. The Hall–Kier alpha value is -1.46.